The third-order valence-electron chi connectivity index (χ3n) is 2.06. The molecular formula is C11H18BrNOS. The van der Waals surface area contributed by atoms with Crippen LogP contribution in [-0.2, 0) is 6.54 Å². The van der Waals surface area contributed by atoms with Crippen molar-refractivity contribution in [3.63, 3.8) is 0 Å². The molecule has 0 fully saturated rings. The van der Waals surface area contributed by atoms with Gasteiger partial charge in [0.25, 0.3) is 0 Å². The Morgan fingerprint density at radius 3 is 2.60 bits per heavy atom. The Balaban J connectivity index is 2.54. The standard InChI is InChI=1S/C11H18BrNOS/c1-4-13(8-11(2,3)14)6-10-5-9(12)7-15-10/h5,7,14H,4,6,8H2,1-3H3. The third-order valence-corrected chi connectivity index (χ3v) is 3.74. The molecule has 1 rings (SSSR count). The van der Waals surface area contributed by atoms with Gasteiger partial charge in [-0.3, -0.25) is 4.90 Å². The topological polar surface area (TPSA) is 23.5 Å². The van der Waals surface area contributed by atoms with Gasteiger partial charge in [0.15, 0.2) is 0 Å². The lowest BCUT2D eigenvalue weighted by Gasteiger charge is -2.27. The summed E-state index contributed by atoms with van der Waals surface area (Å²) in [6.45, 7) is 8.39. The maximum absolute atomic E-state index is 9.75. The number of hydrogen-bond donors (Lipinski definition) is 1. The summed E-state index contributed by atoms with van der Waals surface area (Å²) in [5.74, 6) is 0. The highest BCUT2D eigenvalue weighted by atomic mass is 79.9. The first-order chi connectivity index (χ1) is 6.90. The van der Waals surface area contributed by atoms with E-state index in [9.17, 15) is 5.11 Å². The molecule has 15 heavy (non-hydrogen) atoms. The molecule has 0 atom stereocenters. The molecule has 0 spiro atoms. The predicted octanol–water partition coefficient (Wildman–Crippen LogP) is 3.10. The summed E-state index contributed by atoms with van der Waals surface area (Å²) in [6, 6.07) is 2.14. The van der Waals surface area contributed by atoms with Crippen molar-refractivity contribution in [2.75, 3.05) is 13.1 Å². The molecule has 0 bridgehead atoms. The van der Waals surface area contributed by atoms with Gasteiger partial charge in [-0.05, 0) is 42.4 Å². The fraction of sp³-hybridized carbons (Fsp3) is 0.636. The van der Waals surface area contributed by atoms with Crippen LogP contribution in [-0.4, -0.2) is 28.7 Å². The van der Waals surface area contributed by atoms with Gasteiger partial charge < -0.3 is 5.11 Å². The van der Waals surface area contributed by atoms with Crippen molar-refractivity contribution < 1.29 is 5.11 Å². The van der Waals surface area contributed by atoms with Crippen LogP contribution >= 0.6 is 27.3 Å². The Kier molecular flexibility index (Phi) is 4.77. The van der Waals surface area contributed by atoms with Gasteiger partial charge in [0.2, 0.25) is 0 Å². The second kappa shape index (κ2) is 5.43. The van der Waals surface area contributed by atoms with Gasteiger partial charge in [0.05, 0.1) is 5.60 Å². The Morgan fingerprint density at radius 1 is 1.53 bits per heavy atom. The zero-order valence-corrected chi connectivity index (χ0v) is 11.9. The van der Waals surface area contributed by atoms with Crippen LogP contribution in [0.4, 0.5) is 0 Å². The Morgan fingerprint density at radius 2 is 2.20 bits per heavy atom. The van der Waals surface area contributed by atoms with Crippen LogP contribution in [0.2, 0.25) is 0 Å². The van der Waals surface area contributed by atoms with Gasteiger partial charge in [0, 0.05) is 27.8 Å². The van der Waals surface area contributed by atoms with E-state index in [4.69, 9.17) is 0 Å². The highest BCUT2D eigenvalue weighted by Crippen LogP contribution is 2.21. The van der Waals surface area contributed by atoms with E-state index >= 15 is 0 Å². The number of aliphatic hydroxyl groups is 1. The summed E-state index contributed by atoms with van der Waals surface area (Å²) in [4.78, 5) is 3.58. The minimum Gasteiger partial charge on any atom is -0.389 e. The number of likely N-dealkylation sites (N-methyl/N-ethyl adjacent to an activating group) is 1. The number of nitrogens with zero attached hydrogens (tertiary/aromatic N) is 1. The maximum atomic E-state index is 9.75. The third kappa shape index (κ3) is 5.11. The minimum atomic E-state index is -0.621. The molecule has 0 saturated carbocycles. The zero-order valence-electron chi connectivity index (χ0n) is 9.46. The van der Waals surface area contributed by atoms with Crippen LogP contribution in [0.3, 0.4) is 0 Å². The fourth-order valence-corrected chi connectivity index (χ4v) is 2.98. The molecule has 1 aromatic heterocycles. The van der Waals surface area contributed by atoms with Crippen molar-refractivity contribution in [1.29, 1.82) is 0 Å². The van der Waals surface area contributed by atoms with Crippen molar-refractivity contribution in [3.05, 3.63) is 20.8 Å². The Labute approximate surface area is 104 Å². The summed E-state index contributed by atoms with van der Waals surface area (Å²) >= 11 is 5.20. The quantitative estimate of drug-likeness (QED) is 0.901. The van der Waals surface area contributed by atoms with E-state index < -0.39 is 5.60 Å². The van der Waals surface area contributed by atoms with Crippen molar-refractivity contribution in [2.45, 2.75) is 32.9 Å². The first kappa shape index (κ1) is 13.2. The molecule has 1 aromatic rings. The largest absolute Gasteiger partial charge is 0.389 e. The number of thiophene rings is 1. The summed E-state index contributed by atoms with van der Waals surface area (Å²) in [7, 11) is 0. The highest BCUT2D eigenvalue weighted by molar-refractivity contribution is 9.10. The average molecular weight is 292 g/mol. The normalized spacial score (nSPS) is 12.4. The molecule has 0 saturated heterocycles. The smallest absolute Gasteiger partial charge is 0.0718 e. The van der Waals surface area contributed by atoms with Crippen LogP contribution in [0.25, 0.3) is 0 Å². The van der Waals surface area contributed by atoms with Crippen LogP contribution in [0, 0.1) is 0 Å². The SMILES string of the molecule is CCN(Cc1cc(Br)cs1)CC(C)(C)O. The van der Waals surface area contributed by atoms with Crippen molar-refractivity contribution in [3.8, 4) is 0 Å². The molecule has 1 N–H and O–H groups in total. The first-order valence-corrected chi connectivity index (χ1v) is 6.75. The van der Waals surface area contributed by atoms with E-state index in [0.29, 0.717) is 6.54 Å². The molecular weight excluding hydrogens is 274 g/mol. The first-order valence-electron chi connectivity index (χ1n) is 5.08. The predicted molar refractivity (Wildman–Crippen MR) is 69.3 cm³/mol. The molecule has 0 unspecified atom stereocenters. The summed E-state index contributed by atoms with van der Waals surface area (Å²) in [6.07, 6.45) is 0. The molecule has 2 nitrogen and oxygen atoms in total. The zero-order chi connectivity index (χ0) is 11.5. The molecule has 4 heteroatoms. The lowest BCUT2D eigenvalue weighted by Crippen LogP contribution is -2.37. The number of halogens is 1. The lowest BCUT2D eigenvalue weighted by molar-refractivity contribution is 0.0356. The van der Waals surface area contributed by atoms with E-state index in [2.05, 4.69) is 39.2 Å². The average Bonchev–Trinajstić information content (AvgIpc) is 2.47. The van der Waals surface area contributed by atoms with Gasteiger partial charge in [-0.1, -0.05) is 6.92 Å². The van der Waals surface area contributed by atoms with Gasteiger partial charge in [-0.25, -0.2) is 0 Å². The van der Waals surface area contributed by atoms with Crippen LogP contribution in [0.5, 0.6) is 0 Å². The second-order valence-electron chi connectivity index (χ2n) is 4.35. The Hall–Kier alpha value is 0.1000. The molecule has 1 heterocycles. The van der Waals surface area contributed by atoms with E-state index in [1.54, 1.807) is 11.3 Å². The van der Waals surface area contributed by atoms with Crippen LogP contribution in [0.15, 0.2) is 15.9 Å². The molecule has 0 amide bonds. The number of hydrogen-bond acceptors (Lipinski definition) is 3. The lowest BCUT2D eigenvalue weighted by atomic mass is 10.1. The van der Waals surface area contributed by atoms with E-state index in [1.165, 1.54) is 4.88 Å². The van der Waals surface area contributed by atoms with Gasteiger partial charge in [-0.2, -0.15) is 0 Å². The summed E-state index contributed by atoms with van der Waals surface area (Å²) in [5.41, 5.74) is -0.621. The molecule has 0 aliphatic carbocycles. The monoisotopic (exact) mass is 291 g/mol. The summed E-state index contributed by atoms with van der Waals surface area (Å²) < 4.78 is 1.14. The van der Waals surface area contributed by atoms with Crippen LogP contribution in [0.1, 0.15) is 25.6 Å². The molecule has 0 aliphatic heterocycles. The summed E-state index contributed by atoms with van der Waals surface area (Å²) in [5, 5.41) is 11.8. The van der Waals surface area contributed by atoms with Crippen molar-refractivity contribution >= 4 is 27.3 Å². The minimum absolute atomic E-state index is 0.621. The highest BCUT2D eigenvalue weighted by Gasteiger charge is 2.17. The number of rotatable bonds is 5. The van der Waals surface area contributed by atoms with Crippen LogP contribution < -0.4 is 0 Å². The maximum Gasteiger partial charge on any atom is 0.0718 e. The van der Waals surface area contributed by atoms with E-state index in [-0.39, 0.29) is 0 Å². The van der Waals surface area contributed by atoms with Gasteiger partial charge in [-0.15, -0.1) is 11.3 Å². The van der Waals surface area contributed by atoms with Gasteiger partial charge >= 0.3 is 0 Å². The fourth-order valence-electron chi connectivity index (χ4n) is 1.48. The molecule has 0 radical (unpaired) electrons. The van der Waals surface area contributed by atoms with Crippen molar-refractivity contribution in [1.82, 2.24) is 4.90 Å². The molecule has 0 aliphatic rings. The molecule has 86 valence electrons. The molecule has 0 aromatic carbocycles. The van der Waals surface area contributed by atoms with Crippen molar-refractivity contribution in [2.24, 2.45) is 0 Å². The van der Waals surface area contributed by atoms with Gasteiger partial charge in [0.1, 0.15) is 0 Å². The van der Waals surface area contributed by atoms with E-state index in [1.807, 2.05) is 13.8 Å². The van der Waals surface area contributed by atoms with E-state index in [0.717, 1.165) is 17.6 Å². The Bertz CT molecular complexity index is 306. The second-order valence-corrected chi connectivity index (χ2v) is 6.26.